The first kappa shape index (κ1) is 8.51. The van der Waals surface area contributed by atoms with E-state index in [1.165, 1.54) is 0 Å². The van der Waals surface area contributed by atoms with Gasteiger partial charge < -0.3 is 0 Å². The first-order valence-electron chi connectivity index (χ1n) is 4.22. The summed E-state index contributed by atoms with van der Waals surface area (Å²) in [5, 5.41) is 0. The fourth-order valence-electron chi connectivity index (χ4n) is 1.93. The van der Waals surface area contributed by atoms with Crippen molar-refractivity contribution < 1.29 is 4.79 Å². The van der Waals surface area contributed by atoms with E-state index in [0.29, 0.717) is 5.78 Å². The quantitative estimate of drug-likeness (QED) is 0.556. The molecular weight excluding hydrogens is 136 g/mol. The van der Waals surface area contributed by atoms with Gasteiger partial charge in [0.15, 0.2) is 0 Å². The van der Waals surface area contributed by atoms with Crippen LogP contribution in [0.25, 0.3) is 0 Å². The van der Waals surface area contributed by atoms with Crippen LogP contribution in [0.4, 0.5) is 0 Å². The topological polar surface area (TPSA) is 17.1 Å². The van der Waals surface area contributed by atoms with Crippen LogP contribution in [0.5, 0.6) is 0 Å². The highest BCUT2D eigenvalue weighted by atomic mass is 16.1. The zero-order chi connectivity index (χ0) is 8.48. The number of hydrogen-bond donors (Lipinski definition) is 0. The standard InChI is InChI=1S/C10H16O/c1-8(2)7-10(3)6-4-5-9(10)11/h1,4-7H2,2-3H3. The molecule has 1 aliphatic rings. The van der Waals surface area contributed by atoms with Gasteiger partial charge in [0.05, 0.1) is 0 Å². The van der Waals surface area contributed by atoms with E-state index in [2.05, 4.69) is 13.5 Å². The van der Waals surface area contributed by atoms with Crippen molar-refractivity contribution in [3.05, 3.63) is 12.2 Å². The van der Waals surface area contributed by atoms with Crippen LogP contribution in [-0.4, -0.2) is 5.78 Å². The number of carbonyl (C=O) groups is 1. The second kappa shape index (κ2) is 2.80. The monoisotopic (exact) mass is 152 g/mol. The second-order valence-corrected chi connectivity index (χ2v) is 3.97. The maximum absolute atomic E-state index is 11.4. The van der Waals surface area contributed by atoms with Crippen LogP contribution in [0.2, 0.25) is 0 Å². The number of carbonyl (C=O) groups excluding carboxylic acids is 1. The molecule has 1 nitrogen and oxygen atoms in total. The number of hydrogen-bond acceptors (Lipinski definition) is 1. The molecule has 0 heterocycles. The third-order valence-corrected chi connectivity index (χ3v) is 2.50. The van der Waals surface area contributed by atoms with Gasteiger partial charge >= 0.3 is 0 Å². The predicted molar refractivity (Wildman–Crippen MR) is 46.4 cm³/mol. The van der Waals surface area contributed by atoms with Crippen molar-refractivity contribution in [2.75, 3.05) is 0 Å². The van der Waals surface area contributed by atoms with E-state index >= 15 is 0 Å². The molecule has 0 amide bonds. The minimum absolute atomic E-state index is 0.0637. The molecule has 0 spiro atoms. The van der Waals surface area contributed by atoms with Crippen LogP contribution in [0.3, 0.4) is 0 Å². The average molecular weight is 152 g/mol. The zero-order valence-corrected chi connectivity index (χ0v) is 7.44. The van der Waals surface area contributed by atoms with Crippen molar-refractivity contribution in [3.8, 4) is 0 Å². The fraction of sp³-hybridized carbons (Fsp3) is 0.700. The molecular formula is C10H16O. The number of ketones is 1. The lowest BCUT2D eigenvalue weighted by atomic mass is 9.82. The molecule has 1 aliphatic carbocycles. The molecule has 0 aromatic heterocycles. The van der Waals surface area contributed by atoms with Gasteiger partial charge in [-0.05, 0) is 26.2 Å². The maximum Gasteiger partial charge on any atom is 0.139 e. The number of rotatable bonds is 2. The van der Waals surface area contributed by atoms with E-state index in [9.17, 15) is 4.79 Å². The fourth-order valence-corrected chi connectivity index (χ4v) is 1.93. The van der Waals surface area contributed by atoms with Crippen LogP contribution >= 0.6 is 0 Å². The summed E-state index contributed by atoms with van der Waals surface area (Å²) in [6.45, 7) is 7.91. The Balaban J connectivity index is 2.65. The highest BCUT2D eigenvalue weighted by Crippen LogP contribution is 2.39. The smallest absolute Gasteiger partial charge is 0.139 e. The van der Waals surface area contributed by atoms with Gasteiger partial charge in [0, 0.05) is 11.8 Å². The van der Waals surface area contributed by atoms with E-state index in [-0.39, 0.29) is 5.41 Å². The van der Waals surface area contributed by atoms with Crippen LogP contribution in [0.15, 0.2) is 12.2 Å². The second-order valence-electron chi connectivity index (χ2n) is 3.97. The lowest BCUT2D eigenvalue weighted by molar-refractivity contribution is -0.124. The summed E-state index contributed by atoms with van der Waals surface area (Å²) in [6.07, 6.45) is 3.79. The summed E-state index contributed by atoms with van der Waals surface area (Å²) < 4.78 is 0. The highest BCUT2D eigenvalue weighted by Gasteiger charge is 2.36. The Kier molecular flexibility index (Phi) is 2.17. The number of Topliss-reactive ketones (excluding diaryl/α,β-unsaturated/α-hetero) is 1. The Morgan fingerprint density at radius 2 is 2.36 bits per heavy atom. The van der Waals surface area contributed by atoms with Gasteiger partial charge in [0.25, 0.3) is 0 Å². The summed E-state index contributed by atoms with van der Waals surface area (Å²) in [5.74, 6) is 0.431. The zero-order valence-electron chi connectivity index (χ0n) is 7.44. The molecule has 62 valence electrons. The third-order valence-electron chi connectivity index (χ3n) is 2.50. The largest absolute Gasteiger partial charge is 0.299 e. The van der Waals surface area contributed by atoms with Crippen molar-refractivity contribution >= 4 is 5.78 Å². The van der Waals surface area contributed by atoms with Crippen LogP contribution < -0.4 is 0 Å². The molecule has 1 atom stereocenters. The molecule has 1 fully saturated rings. The van der Waals surface area contributed by atoms with Gasteiger partial charge in [0.2, 0.25) is 0 Å². The van der Waals surface area contributed by atoms with Gasteiger partial charge in [-0.1, -0.05) is 12.5 Å². The van der Waals surface area contributed by atoms with Crippen molar-refractivity contribution in [3.63, 3.8) is 0 Å². The van der Waals surface area contributed by atoms with Crippen LogP contribution in [0, 0.1) is 5.41 Å². The van der Waals surface area contributed by atoms with Crippen molar-refractivity contribution in [1.82, 2.24) is 0 Å². The molecule has 1 rings (SSSR count). The molecule has 1 unspecified atom stereocenters. The molecule has 0 N–H and O–H groups in total. The third kappa shape index (κ3) is 1.70. The summed E-state index contributed by atoms with van der Waals surface area (Å²) in [5.41, 5.74) is 1.06. The summed E-state index contributed by atoms with van der Waals surface area (Å²) in [6, 6.07) is 0. The Morgan fingerprint density at radius 1 is 1.73 bits per heavy atom. The lowest BCUT2D eigenvalue weighted by Gasteiger charge is -2.21. The van der Waals surface area contributed by atoms with Gasteiger partial charge in [0.1, 0.15) is 5.78 Å². The highest BCUT2D eigenvalue weighted by molar-refractivity contribution is 5.86. The molecule has 0 saturated heterocycles. The molecule has 11 heavy (non-hydrogen) atoms. The summed E-state index contributed by atoms with van der Waals surface area (Å²) in [7, 11) is 0. The number of allylic oxidation sites excluding steroid dienone is 1. The van der Waals surface area contributed by atoms with E-state index < -0.39 is 0 Å². The van der Waals surface area contributed by atoms with Crippen LogP contribution in [0.1, 0.15) is 39.5 Å². The molecule has 0 aliphatic heterocycles. The predicted octanol–water partition coefficient (Wildman–Crippen LogP) is 2.71. The van der Waals surface area contributed by atoms with Crippen molar-refractivity contribution in [1.29, 1.82) is 0 Å². The van der Waals surface area contributed by atoms with Gasteiger partial charge in [-0.3, -0.25) is 4.79 Å². The Bertz CT molecular complexity index is 193. The average Bonchev–Trinajstić information content (AvgIpc) is 2.11. The Hall–Kier alpha value is -0.590. The van der Waals surface area contributed by atoms with E-state index in [1.54, 1.807) is 0 Å². The van der Waals surface area contributed by atoms with Gasteiger partial charge in [-0.2, -0.15) is 0 Å². The molecule has 0 aromatic rings. The minimum atomic E-state index is -0.0637. The van der Waals surface area contributed by atoms with E-state index in [0.717, 1.165) is 31.3 Å². The SMILES string of the molecule is C=C(C)CC1(C)CCCC1=O. The first-order chi connectivity index (χ1) is 5.04. The first-order valence-corrected chi connectivity index (χ1v) is 4.22. The Labute approximate surface area is 68.5 Å². The Morgan fingerprint density at radius 3 is 2.73 bits per heavy atom. The van der Waals surface area contributed by atoms with E-state index in [1.807, 2.05) is 6.92 Å². The molecule has 1 saturated carbocycles. The van der Waals surface area contributed by atoms with Gasteiger partial charge in [-0.15, -0.1) is 6.58 Å². The summed E-state index contributed by atoms with van der Waals surface area (Å²) in [4.78, 5) is 11.4. The summed E-state index contributed by atoms with van der Waals surface area (Å²) >= 11 is 0. The minimum Gasteiger partial charge on any atom is -0.299 e. The normalized spacial score (nSPS) is 30.9. The molecule has 0 radical (unpaired) electrons. The van der Waals surface area contributed by atoms with Crippen LogP contribution in [-0.2, 0) is 4.79 Å². The molecule has 0 bridgehead atoms. The van der Waals surface area contributed by atoms with Gasteiger partial charge in [-0.25, -0.2) is 0 Å². The maximum atomic E-state index is 11.4. The molecule has 0 aromatic carbocycles. The van der Waals surface area contributed by atoms with Crippen molar-refractivity contribution in [2.45, 2.75) is 39.5 Å². The van der Waals surface area contributed by atoms with Crippen molar-refractivity contribution in [2.24, 2.45) is 5.41 Å². The molecule has 1 heteroatoms. The lowest BCUT2D eigenvalue weighted by Crippen LogP contribution is -2.21. The van der Waals surface area contributed by atoms with E-state index in [4.69, 9.17) is 0 Å².